The second kappa shape index (κ2) is 6.58. The fourth-order valence-electron chi connectivity index (χ4n) is 2.64. The molecule has 2 rings (SSSR count). The molecule has 0 radical (unpaired) electrons. The Morgan fingerprint density at radius 1 is 1.38 bits per heavy atom. The summed E-state index contributed by atoms with van der Waals surface area (Å²) in [4.78, 5) is 12.1. The van der Waals surface area contributed by atoms with Gasteiger partial charge < -0.3 is 10.6 Å². The van der Waals surface area contributed by atoms with Crippen LogP contribution < -0.4 is 10.6 Å². The summed E-state index contributed by atoms with van der Waals surface area (Å²) in [5.74, 6) is -0.0414. The van der Waals surface area contributed by atoms with Crippen molar-refractivity contribution in [2.45, 2.75) is 25.8 Å². The average Bonchev–Trinajstić information content (AvgIpc) is 2.59. The van der Waals surface area contributed by atoms with Crippen molar-refractivity contribution >= 4 is 15.7 Å². The zero-order valence-electron chi connectivity index (χ0n) is 12.5. The van der Waals surface area contributed by atoms with E-state index < -0.39 is 9.84 Å². The fourth-order valence-corrected chi connectivity index (χ4v) is 3.55. The quantitative estimate of drug-likeness (QED) is 0.853. The lowest BCUT2D eigenvalue weighted by atomic mass is 9.98. The van der Waals surface area contributed by atoms with E-state index in [-0.39, 0.29) is 17.7 Å². The molecule has 1 unspecified atom stereocenters. The molecule has 0 spiro atoms. The Morgan fingerprint density at radius 2 is 2.14 bits per heavy atom. The maximum absolute atomic E-state index is 12.1. The highest BCUT2D eigenvalue weighted by molar-refractivity contribution is 7.90. The predicted octanol–water partition coefficient (Wildman–Crippen LogP) is 1.06. The van der Waals surface area contributed by atoms with Crippen LogP contribution in [0.4, 0.5) is 0 Å². The minimum atomic E-state index is -3.10. The van der Waals surface area contributed by atoms with Gasteiger partial charge >= 0.3 is 0 Å². The van der Waals surface area contributed by atoms with E-state index in [1.165, 1.54) is 6.26 Å². The predicted molar refractivity (Wildman–Crippen MR) is 83.2 cm³/mol. The number of carbonyl (C=O) groups is 1. The van der Waals surface area contributed by atoms with Crippen LogP contribution in [0.25, 0.3) is 0 Å². The summed E-state index contributed by atoms with van der Waals surface area (Å²) in [6.45, 7) is 3.29. The summed E-state index contributed by atoms with van der Waals surface area (Å²) in [5.41, 5.74) is 2.54. The van der Waals surface area contributed by atoms with Gasteiger partial charge in [0, 0.05) is 24.4 Å². The zero-order chi connectivity index (χ0) is 15.5. The number of benzene rings is 1. The fraction of sp³-hybridized carbons (Fsp3) is 0.533. The van der Waals surface area contributed by atoms with Crippen molar-refractivity contribution in [2.24, 2.45) is 0 Å². The molecule has 1 amide bonds. The lowest BCUT2D eigenvalue weighted by Gasteiger charge is -2.19. The number of rotatable bonds is 5. The van der Waals surface area contributed by atoms with Gasteiger partial charge in [0.2, 0.25) is 0 Å². The third-order valence-corrected chi connectivity index (χ3v) is 4.55. The number of hydrogen-bond acceptors (Lipinski definition) is 4. The number of nitrogens with one attached hydrogen (secondary N) is 2. The molecular formula is C15H22N2O3S. The summed E-state index contributed by atoms with van der Waals surface area (Å²) >= 11 is 0. The smallest absolute Gasteiger partial charge is 0.251 e. The molecule has 1 aromatic rings. The van der Waals surface area contributed by atoms with Gasteiger partial charge in [0.25, 0.3) is 5.91 Å². The van der Waals surface area contributed by atoms with Crippen molar-refractivity contribution in [3.63, 3.8) is 0 Å². The second-order valence-electron chi connectivity index (χ2n) is 5.48. The van der Waals surface area contributed by atoms with Crippen molar-refractivity contribution in [3.8, 4) is 0 Å². The Kier molecular flexibility index (Phi) is 5.00. The first kappa shape index (κ1) is 16.0. The van der Waals surface area contributed by atoms with Gasteiger partial charge in [0.15, 0.2) is 0 Å². The van der Waals surface area contributed by atoms with Gasteiger partial charge in [0.1, 0.15) is 9.84 Å². The molecule has 6 heteroatoms. The molecule has 0 bridgehead atoms. The van der Waals surface area contributed by atoms with Crippen LogP contribution in [0.1, 0.15) is 40.9 Å². The number of amides is 1. The molecule has 1 atom stereocenters. The molecular weight excluding hydrogens is 288 g/mol. The van der Waals surface area contributed by atoms with E-state index in [2.05, 4.69) is 10.6 Å². The van der Waals surface area contributed by atoms with Crippen molar-refractivity contribution in [1.29, 1.82) is 0 Å². The number of fused-ring (bicyclic) bond motifs is 1. The van der Waals surface area contributed by atoms with Gasteiger partial charge in [-0.3, -0.25) is 4.79 Å². The van der Waals surface area contributed by atoms with Crippen LogP contribution in [-0.2, 0) is 16.3 Å². The van der Waals surface area contributed by atoms with E-state index in [1.54, 1.807) is 0 Å². The van der Waals surface area contributed by atoms with Gasteiger partial charge in [0.05, 0.1) is 5.75 Å². The van der Waals surface area contributed by atoms with Crippen LogP contribution in [0.3, 0.4) is 0 Å². The van der Waals surface area contributed by atoms with Crippen LogP contribution in [-0.4, -0.2) is 39.4 Å². The van der Waals surface area contributed by atoms with E-state index in [9.17, 15) is 13.2 Å². The molecule has 5 nitrogen and oxygen atoms in total. The standard InChI is InChI=1S/C15H22N2O3S/c1-3-16-14(10-21(2,19)20)12-7-6-11-5-4-8-17-15(18)13(11)9-12/h6-7,9,14,16H,3-5,8,10H2,1-2H3,(H,17,18). The second-order valence-corrected chi connectivity index (χ2v) is 7.66. The van der Waals surface area contributed by atoms with E-state index in [4.69, 9.17) is 0 Å². The molecule has 0 saturated carbocycles. The lowest BCUT2D eigenvalue weighted by molar-refractivity contribution is 0.0956. The van der Waals surface area contributed by atoms with Gasteiger partial charge in [-0.25, -0.2) is 8.42 Å². The van der Waals surface area contributed by atoms with Gasteiger partial charge in [-0.1, -0.05) is 19.1 Å². The molecule has 0 saturated heterocycles. The van der Waals surface area contributed by atoms with E-state index in [1.807, 2.05) is 25.1 Å². The molecule has 1 aliphatic rings. The maximum Gasteiger partial charge on any atom is 0.251 e. The van der Waals surface area contributed by atoms with Crippen LogP contribution in [0.2, 0.25) is 0 Å². The minimum Gasteiger partial charge on any atom is -0.352 e. The molecule has 0 aliphatic carbocycles. The summed E-state index contributed by atoms with van der Waals surface area (Å²) in [6, 6.07) is 5.42. The van der Waals surface area contributed by atoms with Crippen molar-refractivity contribution in [3.05, 3.63) is 34.9 Å². The van der Waals surface area contributed by atoms with Crippen LogP contribution in [0.15, 0.2) is 18.2 Å². The molecule has 0 fully saturated rings. The van der Waals surface area contributed by atoms with E-state index >= 15 is 0 Å². The van der Waals surface area contributed by atoms with Crippen LogP contribution >= 0.6 is 0 Å². The Labute approximate surface area is 126 Å². The normalized spacial score (nSPS) is 16.8. The molecule has 116 valence electrons. The highest BCUT2D eigenvalue weighted by Crippen LogP contribution is 2.22. The van der Waals surface area contributed by atoms with Gasteiger partial charge in [-0.15, -0.1) is 0 Å². The van der Waals surface area contributed by atoms with Gasteiger partial charge in [-0.2, -0.15) is 0 Å². The molecule has 21 heavy (non-hydrogen) atoms. The minimum absolute atomic E-state index is 0.0290. The van der Waals surface area contributed by atoms with E-state index in [0.29, 0.717) is 18.7 Å². The monoisotopic (exact) mass is 310 g/mol. The number of carbonyl (C=O) groups excluding carboxylic acids is 1. The maximum atomic E-state index is 12.1. The topological polar surface area (TPSA) is 75.3 Å². The zero-order valence-corrected chi connectivity index (χ0v) is 13.3. The Hall–Kier alpha value is -1.40. The average molecular weight is 310 g/mol. The summed E-state index contributed by atoms with van der Waals surface area (Å²) < 4.78 is 23.2. The van der Waals surface area contributed by atoms with Gasteiger partial charge in [-0.05, 0) is 36.6 Å². The molecule has 2 N–H and O–H groups in total. The van der Waals surface area contributed by atoms with Crippen LogP contribution in [0.5, 0.6) is 0 Å². The van der Waals surface area contributed by atoms with Crippen molar-refractivity contribution < 1.29 is 13.2 Å². The first-order chi connectivity index (χ1) is 9.90. The Balaban J connectivity index is 2.35. The van der Waals surface area contributed by atoms with Crippen molar-refractivity contribution in [2.75, 3.05) is 25.1 Å². The first-order valence-electron chi connectivity index (χ1n) is 7.23. The molecule has 1 aliphatic heterocycles. The van der Waals surface area contributed by atoms with Crippen molar-refractivity contribution in [1.82, 2.24) is 10.6 Å². The van der Waals surface area contributed by atoms with Crippen LogP contribution in [0, 0.1) is 0 Å². The molecule has 1 aromatic carbocycles. The van der Waals surface area contributed by atoms with E-state index in [0.717, 1.165) is 24.0 Å². The third-order valence-electron chi connectivity index (χ3n) is 3.61. The highest BCUT2D eigenvalue weighted by atomic mass is 32.2. The highest BCUT2D eigenvalue weighted by Gasteiger charge is 2.20. The molecule has 0 aromatic heterocycles. The summed E-state index contributed by atoms with van der Waals surface area (Å²) in [5, 5.41) is 6.05. The third kappa shape index (κ3) is 4.28. The first-order valence-corrected chi connectivity index (χ1v) is 9.29. The summed E-state index contributed by atoms with van der Waals surface area (Å²) in [6.07, 6.45) is 3.03. The molecule has 1 heterocycles. The summed E-state index contributed by atoms with van der Waals surface area (Å²) in [7, 11) is -3.10. The SMILES string of the molecule is CCNC(CS(C)(=O)=O)c1ccc2c(c1)C(=O)NCCC2. The Bertz CT molecular complexity index is 626. The number of sulfone groups is 1. The number of hydrogen-bond donors (Lipinski definition) is 2. The lowest BCUT2D eigenvalue weighted by Crippen LogP contribution is -2.28. The Morgan fingerprint density at radius 3 is 2.81 bits per heavy atom. The largest absolute Gasteiger partial charge is 0.352 e. The number of aryl methyl sites for hydroxylation is 1.